The summed E-state index contributed by atoms with van der Waals surface area (Å²) < 4.78 is 0. The summed E-state index contributed by atoms with van der Waals surface area (Å²) in [6, 6.07) is 0. The van der Waals surface area contributed by atoms with E-state index < -0.39 is 0 Å². The van der Waals surface area contributed by atoms with Gasteiger partial charge in [0.2, 0.25) is 0 Å². The molecular formula is C9H17N3S. The predicted octanol–water partition coefficient (Wildman–Crippen LogP) is 2.01. The second-order valence-corrected chi connectivity index (χ2v) is 3.95. The van der Waals surface area contributed by atoms with Crippen LogP contribution >= 0.6 is 11.3 Å². The summed E-state index contributed by atoms with van der Waals surface area (Å²) in [5, 5.41) is 6.00. The lowest BCUT2D eigenvalue weighted by molar-refractivity contribution is 0.612. The van der Waals surface area contributed by atoms with Gasteiger partial charge in [0, 0.05) is 11.9 Å². The van der Waals surface area contributed by atoms with Gasteiger partial charge in [-0.15, -0.1) is 11.3 Å². The lowest BCUT2D eigenvalue weighted by atomic mass is 10.2. The molecule has 74 valence electrons. The van der Waals surface area contributed by atoms with Gasteiger partial charge in [0.05, 0.1) is 5.69 Å². The maximum atomic E-state index is 5.51. The first-order valence-electron chi connectivity index (χ1n) is 4.73. The van der Waals surface area contributed by atoms with E-state index in [1.807, 2.05) is 5.38 Å². The first-order valence-corrected chi connectivity index (χ1v) is 5.61. The highest BCUT2D eigenvalue weighted by Crippen LogP contribution is 2.10. The zero-order valence-electron chi connectivity index (χ0n) is 8.05. The van der Waals surface area contributed by atoms with Crippen molar-refractivity contribution >= 4 is 16.5 Å². The summed E-state index contributed by atoms with van der Waals surface area (Å²) in [4.78, 5) is 4.16. The highest BCUT2D eigenvalue weighted by Gasteiger charge is 1.96. The van der Waals surface area contributed by atoms with Crippen LogP contribution in [-0.2, 0) is 6.54 Å². The molecule has 1 aromatic rings. The van der Waals surface area contributed by atoms with Gasteiger partial charge in [-0.05, 0) is 13.0 Å². The molecule has 3 N–H and O–H groups in total. The molecule has 0 fully saturated rings. The molecule has 0 spiro atoms. The van der Waals surface area contributed by atoms with Crippen LogP contribution < -0.4 is 11.1 Å². The topological polar surface area (TPSA) is 50.9 Å². The SMILES string of the molecule is CCCCCNCc1csc(N)n1. The maximum absolute atomic E-state index is 5.51. The van der Waals surface area contributed by atoms with Gasteiger partial charge in [0.1, 0.15) is 0 Å². The second-order valence-electron chi connectivity index (χ2n) is 3.06. The fraction of sp³-hybridized carbons (Fsp3) is 0.667. The van der Waals surface area contributed by atoms with Gasteiger partial charge in [-0.2, -0.15) is 0 Å². The van der Waals surface area contributed by atoms with Crippen LogP contribution in [0.5, 0.6) is 0 Å². The zero-order valence-corrected chi connectivity index (χ0v) is 8.86. The van der Waals surface area contributed by atoms with E-state index in [9.17, 15) is 0 Å². The Morgan fingerprint density at radius 1 is 1.54 bits per heavy atom. The molecule has 0 amide bonds. The summed E-state index contributed by atoms with van der Waals surface area (Å²) in [5.74, 6) is 0. The molecular weight excluding hydrogens is 182 g/mol. The number of hydrogen-bond donors (Lipinski definition) is 2. The van der Waals surface area contributed by atoms with Crippen LogP contribution in [0.25, 0.3) is 0 Å². The molecule has 13 heavy (non-hydrogen) atoms. The summed E-state index contributed by atoms with van der Waals surface area (Å²) in [6.45, 7) is 4.13. The number of unbranched alkanes of at least 4 members (excludes halogenated alkanes) is 2. The van der Waals surface area contributed by atoms with Gasteiger partial charge in [0.15, 0.2) is 5.13 Å². The van der Waals surface area contributed by atoms with Crippen molar-refractivity contribution in [3.63, 3.8) is 0 Å². The molecule has 0 aromatic carbocycles. The molecule has 1 heterocycles. The van der Waals surface area contributed by atoms with Crippen LogP contribution in [0.1, 0.15) is 31.9 Å². The minimum absolute atomic E-state index is 0.658. The molecule has 4 heteroatoms. The third-order valence-corrected chi connectivity index (χ3v) is 2.56. The van der Waals surface area contributed by atoms with Crippen LogP contribution in [0.15, 0.2) is 5.38 Å². The van der Waals surface area contributed by atoms with Gasteiger partial charge >= 0.3 is 0 Å². The quantitative estimate of drug-likeness (QED) is 0.689. The normalized spacial score (nSPS) is 10.5. The van der Waals surface area contributed by atoms with E-state index in [1.165, 1.54) is 30.6 Å². The van der Waals surface area contributed by atoms with Crippen molar-refractivity contribution in [2.75, 3.05) is 12.3 Å². The number of hydrogen-bond acceptors (Lipinski definition) is 4. The molecule has 1 rings (SSSR count). The zero-order chi connectivity index (χ0) is 9.52. The van der Waals surface area contributed by atoms with Crippen molar-refractivity contribution in [3.8, 4) is 0 Å². The van der Waals surface area contributed by atoms with E-state index in [1.54, 1.807) is 0 Å². The lowest BCUT2D eigenvalue weighted by Gasteiger charge is -2.00. The third kappa shape index (κ3) is 4.24. The Balaban J connectivity index is 2.06. The van der Waals surface area contributed by atoms with Crippen LogP contribution in [0.4, 0.5) is 5.13 Å². The Labute approximate surface area is 83.4 Å². The first-order chi connectivity index (χ1) is 6.33. The number of thiazole rings is 1. The molecule has 0 radical (unpaired) electrons. The van der Waals surface area contributed by atoms with E-state index in [0.717, 1.165) is 18.8 Å². The Kier molecular flexibility index (Phi) is 4.78. The number of nitrogens with two attached hydrogens (primary N) is 1. The number of nitrogens with one attached hydrogen (secondary N) is 1. The first kappa shape index (κ1) is 10.5. The van der Waals surface area contributed by atoms with Gasteiger partial charge in [-0.3, -0.25) is 0 Å². The van der Waals surface area contributed by atoms with Crippen LogP contribution in [-0.4, -0.2) is 11.5 Å². The van der Waals surface area contributed by atoms with E-state index in [2.05, 4.69) is 17.2 Å². The Bertz CT molecular complexity index is 235. The average Bonchev–Trinajstić information content (AvgIpc) is 2.51. The molecule has 0 saturated carbocycles. The van der Waals surface area contributed by atoms with Gasteiger partial charge in [0.25, 0.3) is 0 Å². The monoisotopic (exact) mass is 199 g/mol. The number of aromatic nitrogens is 1. The predicted molar refractivity (Wildman–Crippen MR) is 57.8 cm³/mol. The molecule has 0 unspecified atom stereocenters. The number of nitrogen functional groups attached to an aromatic ring is 1. The van der Waals surface area contributed by atoms with E-state index in [-0.39, 0.29) is 0 Å². The molecule has 0 bridgehead atoms. The Morgan fingerprint density at radius 3 is 3.00 bits per heavy atom. The summed E-state index contributed by atoms with van der Waals surface area (Å²) in [5.41, 5.74) is 6.56. The summed E-state index contributed by atoms with van der Waals surface area (Å²) in [7, 11) is 0. The highest BCUT2D eigenvalue weighted by atomic mass is 32.1. The number of anilines is 1. The minimum Gasteiger partial charge on any atom is -0.375 e. The molecule has 1 aromatic heterocycles. The molecule has 0 saturated heterocycles. The lowest BCUT2D eigenvalue weighted by Crippen LogP contribution is -2.14. The van der Waals surface area contributed by atoms with Gasteiger partial charge in [-0.25, -0.2) is 4.98 Å². The van der Waals surface area contributed by atoms with E-state index in [0.29, 0.717) is 5.13 Å². The maximum Gasteiger partial charge on any atom is 0.180 e. The average molecular weight is 199 g/mol. The van der Waals surface area contributed by atoms with Crippen molar-refractivity contribution in [2.24, 2.45) is 0 Å². The largest absolute Gasteiger partial charge is 0.375 e. The second kappa shape index (κ2) is 5.94. The standard InChI is InChI=1S/C9H17N3S/c1-2-3-4-5-11-6-8-7-13-9(10)12-8/h7,11H,2-6H2,1H3,(H2,10,12). The number of nitrogens with zero attached hydrogens (tertiary/aromatic N) is 1. The van der Waals surface area contributed by atoms with Gasteiger partial charge < -0.3 is 11.1 Å². The van der Waals surface area contributed by atoms with Crippen LogP contribution in [0.2, 0.25) is 0 Å². The molecule has 0 aliphatic rings. The van der Waals surface area contributed by atoms with Crippen LogP contribution in [0.3, 0.4) is 0 Å². The van der Waals surface area contributed by atoms with Crippen molar-refractivity contribution < 1.29 is 0 Å². The molecule has 0 aliphatic carbocycles. The third-order valence-electron chi connectivity index (χ3n) is 1.83. The number of rotatable bonds is 6. The fourth-order valence-corrected chi connectivity index (χ4v) is 1.68. The molecule has 0 atom stereocenters. The highest BCUT2D eigenvalue weighted by molar-refractivity contribution is 7.13. The summed E-state index contributed by atoms with van der Waals surface area (Å²) >= 11 is 1.50. The van der Waals surface area contributed by atoms with Crippen molar-refractivity contribution in [2.45, 2.75) is 32.7 Å². The minimum atomic E-state index is 0.658. The van der Waals surface area contributed by atoms with Crippen molar-refractivity contribution in [3.05, 3.63) is 11.1 Å². The van der Waals surface area contributed by atoms with E-state index in [4.69, 9.17) is 5.73 Å². The van der Waals surface area contributed by atoms with E-state index >= 15 is 0 Å². The Morgan fingerprint density at radius 2 is 2.38 bits per heavy atom. The fourth-order valence-electron chi connectivity index (χ4n) is 1.12. The van der Waals surface area contributed by atoms with Crippen molar-refractivity contribution in [1.29, 1.82) is 0 Å². The summed E-state index contributed by atoms with van der Waals surface area (Å²) in [6.07, 6.45) is 3.81. The van der Waals surface area contributed by atoms with Crippen LogP contribution in [0, 0.1) is 0 Å². The van der Waals surface area contributed by atoms with Gasteiger partial charge in [-0.1, -0.05) is 19.8 Å². The molecule has 0 aliphatic heterocycles. The Hall–Kier alpha value is -0.610. The molecule has 3 nitrogen and oxygen atoms in total. The smallest absolute Gasteiger partial charge is 0.180 e. The van der Waals surface area contributed by atoms with Crippen molar-refractivity contribution in [1.82, 2.24) is 10.3 Å².